The molecule has 0 fully saturated rings. The van der Waals surface area contributed by atoms with Gasteiger partial charge in [-0.15, -0.1) is 0 Å². The van der Waals surface area contributed by atoms with Gasteiger partial charge in [-0.3, -0.25) is 0 Å². The lowest BCUT2D eigenvalue weighted by molar-refractivity contribution is 0.392. The summed E-state index contributed by atoms with van der Waals surface area (Å²) in [6.45, 7) is 4.62. The summed E-state index contributed by atoms with van der Waals surface area (Å²) in [5.74, 6) is 0.974. The van der Waals surface area contributed by atoms with Gasteiger partial charge in [-0.2, -0.15) is 0 Å². The van der Waals surface area contributed by atoms with Crippen LogP contribution >= 0.6 is 0 Å². The van der Waals surface area contributed by atoms with Crippen LogP contribution in [0.2, 0.25) is 0 Å². The Morgan fingerprint density at radius 2 is 1.27 bits per heavy atom. The molecule has 0 spiro atoms. The van der Waals surface area contributed by atoms with E-state index in [0.29, 0.717) is 0 Å². The fourth-order valence-electron chi connectivity index (χ4n) is 7.29. The molecular formula is C38H43NO. The number of fused-ring (bicyclic) bond motifs is 6. The van der Waals surface area contributed by atoms with Gasteiger partial charge in [-0.1, -0.05) is 108 Å². The van der Waals surface area contributed by atoms with Gasteiger partial charge in [0.1, 0.15) is 5.75 Å². The highest BCUT2D eigenvalue weighted by Crippen LogP contribution is 2.56. The molecule has 0 bridgehead atoms. The van der Waals surface area contributed by atoms with Crippen molar-refractivity contribution in [2.45, 2.75) is 83.5 Å². The summed E-state index contributed by atoms with van der Waals surface area (Å²) in [7, 11) is 1.80. The van der Waals surface area contributed by atoms with Gasteiger partial charge in [-0.25, -0.2) is 0 Å². The lowest BCUT2D eigenvalue weighted by Crippen LogP contribution is -2.25. The van der Waals surface area contributed by atoms with Crippen LogP contribution in [0.25, 0.3) is 38.6 Å². The fourth-order valence-corrected chi connectivity index (χ4v) is 7.29. The van der Waals surface area contributed by atoms with Crippen LogP contribution < -0.4 is 4.74 Å². The quantitative estimate of drug-likeness (QED) is 0.147. The van der Waals surface area contributed by atoms with Crippen molar-refractivity contribution < 1.29 is 4.74 Å². The lowest BCUT2D eigenvalue weighted by atomic mass is 9.70. The van der Waals surface area contributed by atoms with E-state index < -0.39 is 0 Å². The van der Waals surface area contributed by atoms with Crippen molar-refractivity contribution in [1.82, 2.24) is 4.57 Å². The van der Waals surface area contributed by atoms with Crippen LogP contribution in [0.3, 0.4) is 0 Å². The molecule has 0 saturated heterocycles. The van der Waals surface area contributed by atoms with Crippen molar-refractivity contribution in [3.05, 3.63) is 96.1 Å². The molecule has 1 heterocycles. The predicted octanol–water partition coefficient (Wildman–Crippen LogP) is 11.0. The molecule has 206 valence electrons. The maximum atomic E-state index is 5.81. The third-order valence-corrected chi connectivity index (χ3v) is 9.29. The number of ether oxygens (including phenoxy) is 1. The molecule has 0 unspecified atom stereocenters. The van der Waals surface area contributed by atoms with Gasteiger partial charge in [0.05, 0.1) is 18.1 Å². The Morgan fingerprint density at radius 3 is 1.98 bits per heavy atom. The van der Waals surface area contributed by atoms with E-state index in [9.17, 15) is 0 Å². The molecule has 0 N–H and O–H groups in total. The Morgan fingerprint density at radius 1 is 0.600 bits per heavy atom. The summed E-state index contributed by atoms with van der Waals surface area (Å²) in [6, 6.07) is 31.7. The topological polar surface area (TPSA) is 14.2 Å². The lowest BCUT2D eigenvalue weighted by Gasteiger charge is -2.33. The first-order chi connectivity index (χ1) is 19.7. The van der Waals surface area contributed by atoms with Crippen LogP contribution in [-0.2, 0) is 5.41 Å². The van der Waals surface area contributed by atoms with E-state index in [1.165, 1.54) is 114 Å². The second-order valence-corrected chi connectivity index (χ2v) is 11.7. The Bertz CT molecular complexity index is 1600. The van der Waals surface area contributed by atoms with Crippen molar-refractivity contribution in [2.24, 2.45) is 0 Å². The highest BCUT2D eigenvalue weighted by molar-refractivity contribution is 6.11. The van der Waals surface area contributed by atoms with Crippen LogP contribution in [-0.4, -0.2) is 11.7 Å². The summed E-state index contributed by atoms with van der Waals surface area (Å²) in [5, 5.41) is 2.66. The molecule has 0 atom stereocenters. The normalized spacial score (nSPS) is 13.6. The van der Waals surface area contributed by atoms with Gasteiger partial charge in [0.25, 0.3) is 0 Å². The molecule has 1 aliphatic carbocycles. The molecule has 0 aliphatic heterocycles. The first-order valence-electron chi connectivity index (χ1n) is 15.5. The predicted molar refractivity (Wildman–Crippen MR) is 171 cm³/mol. The number of hydrogen-bond donors (Lipinski definition) is 0. The minimum atomic E-state index is 0.0207. The average Bonchev–Trinajstić information content (AvgIpc) is 3.46. The molecule has 40 heavy (non-hydrogen) atoms. The summed E-state index contributed by atoms with van der Waals surface area (Å²) < 4.78 is 8.29. The molecule has 1 aliphatic rings. The molecule has 5 aromatic rings. The number of benzene rings is 4. The van der Waals surface area contributed by atoms with Gasteiger partial charge in [0.15, 0.2) is 0 Å². The highest BCUT2D eigenvalue weighted by Gasteiger charge is 2.43. The summed E-state index contributed by atoms with van der Waals surface area (Å²) >= 11 is 0. The Kier molecular flexibility index (Phi) is 7.69. The Labute approximate surface area is 240 Å². The molecule has 1 aromatic heterocycles. The summed E-state index contributed by atoms with van der Waals surface area (Å²) in [6.07, 6.45) is 12.7. The van der Waals surface area contributed by atoms with Gasteiger partial charge in [0, 0.05) is 21.9 Å². The molecule has 6 rings (SSSR count). The zero-order chi connectivity index (χ0) is 27.5. The number of methoxy groups -OCH3 is 1. The fraction of sp³-hybridized carbons (Fsp3) is 0.368. The van der Waals surface area contributed by atoms with Crippen LogP contribution in [0.5, 0.6) is 5.75 Å². The molecule has 4 aromatic carbocycles. The number of unbranched alkanes of at least 4 members (excludes halogenated alkanes) is 6. The molecular weight excluding hydrogens is 486 g/mol. The van der Waals surface area contributed by atoms with Crippen LogP contribution in [0.1, 0.15) is 89.2 Å². The smallest absolute Gasteiger partial charge is 0.119 e. The first kappa shape index (κ1) is 26.7. The first-order valence-corrected chi connectivity index (χ1v) is 15.5. The number of rotatable bonds is 12. The van der Waals surface area contributed by atoms with Crippen molar-refractivity contribution in [3.8, 4) is 22.6 Å². The molecule has 2 nitrogen and oxygen atoms in total. The van der Waals surface area contributed by atoms with Gasteiger partial charge < -0.3 is 9.30 Å². The molecule has 0 radical (unpaired) electrons. The Hall–Kier alpha value is -3.52. The minimum absolute atomic E-state index is 0.0207. The number of aromatic nitrogens is 1. The number of para-hydroxylation sites is 2. The number of nitrogens with zero attached hydrogens (tertiary/aromatic N) is 1. The van der Waals surface area contributed by atoms with Gasteiger partial charge in [-0.05, 0) is 77.6 Å². The molecule has 0 amide bonds. The van der Waals surface area contributed by atoms with E-state index in [-0.39, 0.29) is 5.41 Å². The van der Waals surface area contributed by atoms with Crippen molar-refractivity contribution in [1.29, 1.82) is 0 Å². The second kappa shape index (κ2) is 11.5. The second-order valence-electron chi connectivity index (χ2n) is 11.7. The van der Waals surface area contributed by atoms with Crippen LogP contribution in [0, 0.1) is 0 Å². The van der Waals surface area contributed by atoms with Crippen molar-refractivity contribution >= 4 is 21.8 Å². The van der Waals surface area contributed by atoms with Gasteiger partial charge >= 0.3 is 0 Å². The zero-order valence-corrected chi connectivity index (χ0v) is 24.5. The maximum Gasteiger partial charge on any atom is 0.119 e. The van der Waals surface area contributed by atoms with E-state index >= 15 is 0 Å². The van der Waals surface area contributed by atoms with E-state index in [4.69, 9.17) is 4.74 Å². The van der Waals surface area contributed by atoms with E-state index in [1.54, 1.807) is 7.11 Å². The van der Waals surface area contributed by atoms with E-state index in [2.05, 4.69) is 103 Å². The van der Waals surface area contributed by atoms with E-state index in [1.807, 2.05) is 0 Å². The Balaban J connectivity index is 1.62. The van der Waals surface area contributed by atoms with E-state index in [0.717, 1.165) is 5.75 Å². The minimum Gasteiger partial charge on any atom is -0.497 e. The third kappa shape index (κ3) is 4.52. The standard InChI is InChI=1S/C38H43NO/c1-4-6-8-15-23-38(24-16-9-7-5-2)34-25-29(40-3)21-22-30(34)32-26-33-31-19-13-14-20-36(31)39(37(33)27-35(32)38)28-17-11-10-12-18-28/h10-14,17-22,25-27H,4-9,15-16,23-24H2,1-3H3. The number of hydrogen-bond acceptors (Lipinski definition) is 1. The monoisotopic (exact) mass is 529 g/mol. The maximum absolute atomic E-state index is 5.81. The summed E-state index contributed by atoms with van der Waals surface area (Å²) in [4.78, 5) is 0. The van der Waals surface area contributed by atoms with Crippen LogP contribution in [0.15, 0.2) is 84.9 Å². The molecule has 2 heteroatoms. The zero-order valence-electron chi connectivity index (χ0n) is 24.5. The largest absolute Gasteiger partial charge is 0.497 e. The summed E-state index contributed by atoms with van der Waals surface area (Å²) in [5.41, 5.74) is 9.67. The van der Waals surface area contributed by atoms with Crippen molar-refractivity contribution in [3.63, 3.8) is 0 Å². The SMILES string of the molecule is CCCCCCC1(CCCCCC)c2cc(OC)ccc2-c2cc3c4ccccc4n(-c4ccccc4)c3cc21. The van der Waals surface area contributed by atoms with Crippen molar-refractivity contribution in [2.75, 3.05) is 7.11 Å². The molecule has 0 saturated carbocycles. The third-order valence-electron chi connectivity index (χ3n) is 9.29. The average molecular weight is 530 g/mol. The van der Waals surface area contributed by atoms with Gasteiger partial charge in [0.2, 0.25) is 0 Å². The highest BCUT2D eigenvalue weighted by atomic mass is 16.5. The van der Waals surface area contributed by atoms with Crippen LogP contribution in [0.4, 0.5) is 0 Å².